The Bertz CT molecular complexity index is 321. The van der Waals surface area contributed by atoms with Crippen molar-refractivity contribution in [3.05, 3.63) is 35.9 Å². The molecular formula is C14H22N2. The van der Waals surface area contributed by atoms with E-state index < -0.39 is 0 Å². The van der Waals surface area contributed by atoms with Crippen LogP contribution in [0.3, 0.4) is 0 Å². The Morgan fingerprint density at radius 3 is 2.50 bits per heavy atom. The first-order valence-corrected chi connectivity index (χ1v) is 6.26. The minimum absolute atomic E-state index is 0.183. The fourth-order valence-electron chi connectivity index (χ4n) is 2.82. The van der Waals surface area contributed by atoms with E-state index in [4.69, 9.17) is 5.73 Å². The molecule has 3 atom stereocenters. The van der Waals surface area contributed by atoms with E-state index in [9.17, 15) is 0 Å². The summed E-state index contributed by atoms with van der Waals surface area (Å²) in [5.41, 5.74) is 7.52. The zero-order valence-electron chi connectivity index (χ0n) is 10.3. The molecule has 3 unspecified atom stereocenters. The van der Waals surface area contributed by atoms with Gasteiger partial charge in [-0.1, -0.05) is 30.3 Å². The summed E-state index contributed by atoms with van der Waals surface area (Å²) in [6.45, 7) is 5.61. The second-order valence-corrected chi connectivity index (χ2v) is 4.94. The molecule has 2 heteroatoms. The Hall–Kier alpha value is -0.860. The highest BCUT2D eigenvalue weighted by atomic mass is 15.2. The lowest BCUT2D eigenvalue weighted by Crippen LogP contribution is -2.41. The van der Waals surface area contributed by atoms with E-state index in [-0.39, 0.29) is 6.04 Å². The third-order valence-corrected chi connectivity index (χ3v) is 3.60. The SMILES string of the molecule is CC(N)C(c1ccccc1)N1CCCC1C. The summed E-state index contributed by atoms with van der Waals surface area (Å²) in [5.74, 6) is 0. The quantitative estimate of drug-likeness (QED) is 0.845. The van der Waals surface area contributed by atoms with Gasteiger partial charge in [0.2, 0.25) is 0 Å². The maximum atomic E-state index is 6.17. The van der Waals surface area contributed by atoms with Gasteiger partial charge in [-0.15, -0.1) is 0 Å². The topological polar surface area (TPSA) is 29.3 Å². The first-order valence-electron chi connectivity index (χ1n) is 6.26. The van der Waals surface area contributed by atoms with Crippen LogP contribution in [0, 0.1) is 0 Å². The number of hydrogen-bond acceptors (Lipinski definition) is 2. The molecule has 1 aromatic carbocycles. The molecule has 1 fully saturated rings. The molecule has 2 rings (SSSR count). The van der Waals surface area contributed by atoms with Crippen molar-refractivity contribution in [1.29, 1.82) is 0 Å². The van der Waals surface area contributed by atoms with E-state index in [0.717, 1.165) is 0 Å². The molecule has 1 aliphatic rings. The van der Waals surface area contributed by atoms with Gasteiger partial charge in [-0.05, 0) is 38.8 Å². The molecular weight excluding hydrogens is 196 g/mol. The van der Waals surface area contributed by atoms with Crippen molar-refractivity contribution in [2.45, 2.75) is 44.8 Å². The average Bonchev–Trinajstić information content (AvgIpc) is 2.66. The number of nitrogens with zero attached hydrogens (tertiary/aromatic N) is 1. The first-order chi connectivity index (χ1) is 7.70. The van der Waals surface area contributed by atoms with Gasteiger partial charge in [-0.3, -0.25) is 4.90 Å². The van der Waals surface area contributed by atoms with Crippen LogP contribution in [0.4, 0.5) is 0 Å². The largest absolute Gasteiger partial charge is 0.326 e. The standard InChI is InChI=1S/C14H22N2/c1-11-7-6-10-16(11)14(12(2)15)13-8-4-3-5-9-13/h3-5,8-9,11-12,14H,6-7,10,15H2,1-2H3. The highest BCUT2D eigenvalue weighted by Crippen LogP contribution is 2.30. The van der Waals surface area contributed by atoms with Crippen LogP contribution in [0.2, 0.25) is 0 Å². The monoisotopic (exact) mass is 218 g/mol. The molecule has 0 amide bonds. The lowest BCUT2D eigenvalue weighted by Gasteiger charge is -2.34. The smallest absolute Gasteiger partial charge is 0.0499 e. The molecule has 1 aromatic rings. The van der Waals surface area contributed by atoms with E-state index in [1.54, 1.807) is 0 Å². The fourth-order valence-corrected chi connectivity index (χ4v) is 2.82. The Morgan fingerprint density at radius 1 is 1.31 bits per heavy atom. The van der Waals surface area contributed by atoms with Gasteiger partial charge in [0.05, 0.1) is 0 Å². The Labute approximate surface area is 98.4 Å². The predicted octanol–water partition coefficient (Wildman–Crippen LogP) is 2.56. The molecule has 2 N–H and O–H groups in total. The van der Waals surface area contributed by atoms with Gasteiger partial charge in [0.25, 0.3) is 0 Å². The van der Waals surface area contributed by atoms with Crippen LogP contribution in [0.5, 0.6) is 0 Å². The van der Waals surface area contributed by atoms with Crippen molar-refractivity contribution >= 4 is 0 Å². The van der Waals surface area contributed by atoms with Crippen LogP contribution in [0.1, 0.15) is 38.3 Å². The second-order valence-electron chi connectivity index (χ2n) is 4.94. The van der Waals surface area contributed by atoms with E-state index in [1.165, 1.54) is 24.9 Å². The maximum absolute atomic E-state index is 6.17. The number of benzene rings is 1. The molecule has 0 radical (unpaired) electrons. The first kappa shape index (κ1) is 11.6. The van der Waals surface area contributed by atoms with E-state index >= 15 is 0 Å². The maximum Gasteiger partial charge on any atom is 0.0499 e. The Balaban J connectivity index is 2.24. The third-order valence-electron chi connectivity index (χ3n) is 3.60. The van der Waals surface area contributed by atoms with Crippen LogP contribution >= 0.6 is 0 Å². The molecule has 1 saturated heterocycles. The van der Waals surface area contributed by atoms with Crippen LogP contribution in [0.25, 0.3) is 0 Å². The van der Waals surface area contributed by atoms with Gasteiger partial charge in [-0.25, -0.2) is 0 Å². The molecule has 2 nitrogen and oxygen atoms in total. The van der Waals surface area contributed by atoms with Crippen molar-refractivity contribution in [3.63, 3.8) is 0 Å². The van der Waals surface area contributed by atoms with Crippen LogP contribution < -0.4 is 5.73 Å². The number of hydrogen-bond donors (Lipinski definition) is 1. The number of rotatable bonds is 3. The minimum atomic E-state index is 0.183. The van der Waals surface area contributed by atoms with Gasteiger partial charge in [-0.2, -0.15) is 0 Å². The van der Waals surface area contributed by atoms with Crippen LogP contribution in [-0.4, -0.2) is 23.5 Å². The third kappa shape index (κ3) is 2.28. The van der Waals surface area contributed by atoms with E-state index in [0.29, 0.717) is 12.1 Å². The highest BCUT2D eigenvalue weighted by molar-refractivity contribution is 5.21. The lowest BCUT2D eigenvalue weighted by atomic mass is 9.98. The van der Waals surface area contributed by atoms with Gasteiger partial charge in [0, 0.05) is 18.1 Å². The van der Waals surface area contributed by atoms with E-state index in [1.807, 2.05) is 0 Å². The molecule has 0 aromatic heterocycles. The summed E-state index contributed by atoms with van der Waals surface area (Å²) in [6.07, 6.45) is 2.60. The second kappa shape index (κ2) is 4.98. The van der Waals surface area contributed by atoms with Crippen molar-refractivity contribution < 1.29 is 0 Å². The van der Waals surface area contributed by atoms with Crippen LogP contribution in [0.15, 0.2) is 30.3 Å². The average molecular weight is 218 g/mol. The normalized spacial score (nSPS) is 25.6. The summed E-state index contributed by atoms with van der Waals surface area (Å²) in [5, 5.41) is 0. The molecule has 0 spiro atoms. The minimum Gasteiger partial charge on any atom is -0.326 e. The molecule has 1 aliphatic heterocycles. The predicted molar refractivity (Wildman–Crippen MR) is 68.2 cm³/mol. The van der Waals surface area contributed by atoms with Crippen molar-refractivity contribution in [3.8, 4) is 0 Å². The summed E-state index contributed by atoms with van der Waals surface area (Å²) in [4.78, 5) is 2.56. The van der Waals surface area contributed by atoms with E-state index in [2.05, 4.69) is 49.1 Å². The summed E-state index contributed by atoms with van der Waals surface area (Å²) in [7, 11) is 0. The Morgan fingerprint density at radius 2 is 2.00 bits per heavy atom. The molecule has 0 saturated carbocycles. The fraction of sp³-hybridized carbons (Fsp3) is 0.571. The van der Waals surface area contributed by atoms with Gasteiger partial charge in [0.15, 0.2) is 0 Å². The summed E-state index contributed by atoms with van der Waals surface area (Å²) >= 11 is 0. The van der Waals surface area contributed by atoms with Crippen LogP contribution in [-0.2, 0) is 0 Å². The molecule has 88 valence electrons. The molecule has 1 heterocycles. The van der Waals surface area contributed by atoms with Crippen molar-refractivity contribution in [2.24, 2.45) is 5.73 Å². The van der Waals surface area contributed by atoms with Gasteiger partial charge in [0.1, 0.15) is 0 Å². The Kier molecular flexibility index (Phi) is 3.62. The summed E-state index contributed by atoms with van der Waals surface area (Å²) < 4.78 is 0. The number of nitrogens with two attached hydrogens (primary N) is 1. The highest BCUT2D eigenvalue weighted by Gasteiger charge is 2.30. The molecule has 0 aliphatic carbocycles. The summed E-state index contributed by atoms with van der Waals surface area (Å²) in [6, 6.07) is 11.9. The zero-order chi connectivity index (χ0) is 11.5. The van der Waals surface area contributed by atoms with Crippen molar-refractivity contribution in [1.82, 2.24) is 4.90 Å². The zero-order valence-corrected chi connectivity index (χ0v) is 10.3. The lowest BCUT2D eigenvalue weighted by molar-refractivity contribution is 0.170. The molecule has 16 heavy (non-hydrogen) atoms. The number of likely N-dealkylation sites (tertiary alicyclic amines) is 1. The van der Waals surface area contributed by atoms with Gasteiger partial charge < -0.3 is 5.73 Å². The van der Waals surface area contributed by atoms with Gasteiger partial charge >= 0.3 is 0 Å². The molecule has 0 bridgehead atoms. The van der Waals surface area contributed by atoms with Crippen molar-refractivity contribution in [2.75, 3.05) is 6.54 Å².